The zero-order chi connectivity index (χ0) is 17.8. The van der Waals surface area contributed by atoms with Crippen LogP contribution in [0.2, 0.25) is 0 Å². The Morgan fingerprint density at radius 2 is 1.65 bits per heavy atom. The summed E-state index contributed by atoms with van der Waals surface area (Å²) >= 11 is 0. The quantitative estimate of drug-likeness (QED) is 0.872. The van der Waals surface area contributed by atoms with Crippen LogP contribution in [0.3, 0.4) is 0 Å². The standard InChI is InChI=1S/C23H28N2O/c26-23(17-25-15-14-18-8-4-5-11-20(18)16-25)24-22-13-7-6-12-21(22)19-9-2-1-3-10-19/h1-3,6-7,9-10,12-13,18,20H,4-5,8,11,14-17H2,(H,24,26)/p+1/t18-,20-/m1/s1. The number of hydrogen-bond acceptors (Lipinski definition) is 1. The van der Waals surface area contributed by atoms with Crippen molar-refractivity contribution >= 4 is 11.6 Å². The van der Waals surface area contributed by atoms with Crippen LogP contribution in [0.25, 0.3) is 11.1 Å². The lowest BCUT2D eigenvalue weighted by Crippen LogP contribution is -3.15. The third kappa shape index (κ3) is 3.99. The van der Waals surface area contributed by atoms with E-state index in [9.17, 15) is 4.79 Å². The normalized spacial score (nSPS) is 25.3. The number of rotatable bonds is 4. The summed E-state index contributed by atoms with van der Waals surface area (Å²) in [5.41, 5.74) is 3.14. The van der Waals surface area contributed by atoms with Gasteiger partial charge in [0.05, 0.1) is 13.1 Å². The van der Waals surface area contributed by atoms with Crippen molar-refractivity contribution in [1.29, 1.82) is 0 Å². The molecule has 1 saturated carbocycles. The monoisotopic (exact) mass is 349 g/mol. The Morgan fingerprint density at radius 3 is 2.50 bits per heavy atom. The minimum Gasteiger partial charge on any atom is -0.327 e. The maximum Gasteiger partial charge on any atom is 0.279 e. The first-order valence-electron chi connectivity index (χ1n) is 10.1. The van der Waals surface area contributed by atoms with Crippen molar-refractivity contribution in [1.82, 2.24) is 0 Å². The minimum absolute atomic E-state index is 0.137. The van der Waals surface area contributed by atoms with E-state index in [1.165, 1.54) is 43.5 Å². The van der Waals surface area contributed by atoms with E-state index >= 15 is 0 Å². The van der Waals surface area contributed by atoms with Crippen LogP contribution in [0.5, 0.6) is 0 Å². The van der Waals surface area contributed by atoms with Gasteiger partial charge in [0.15, 0.2) is 6.54 Å². The molecule has 4 rings (SSSR count). The SMILES string of the molecule is O=C(C[NH+]1CC[C@H]2CCCC[C@@H]2C1)Nc1ccccc1-c1ccccc1. The largest absolute Gasteiger partial charge is 0.327 e. The molecule has 136 valence electrons. The lowest BCUT2D eigenvalue weighted by Gasteiger charge is -2.38. The van der Waals surface area contributed by atoms with Crippen LogP contribution in [0.1, 0.15) is 32.1 Å². The molecule has 0 bridgehead atoms. The molecule has 2 fully saturated rings. The molecule has 3 nitrogen and oxygen atoms in total. The van der Waals surface area contributed by atoms with Crippen LogP contribution < -0.4 is 10.2 Å². The van der Waals surface area contributed by atoms with Crippen molar-refractivity contribution in [2.75, 3.05) is 25.0 Å². The van der Waals surface area contributed by atoms with Crippen LogP contribution in [0.15, 0.2) is 54.6 Å². The Morgan fingerprint density at radius 1 is 0.923 bits per heavy atom. The number of hydrogen-bond donors (Lipinski definition) is 2. The fourth-order valence-electron chi connectivity index (χ4n) is 4.84. The molecule has 0 spiro atoms. The highest BCUT2D eigenvalue weighted by Crippen LogP contribution is 2.32. The molecular weight excluding hydrogens is 320 g/mol. The summed E-state index contributed by atoms with van der Waals surface area (Å²) in [5.74, 6) is 1.91. The topological polar surface area (TPSA) is 33.5 Å². The van der Waals surface area contributed by atoms with Gasteiger partial charge in [-0.1, -0.05) is 61.4 Å². The van der Waals surface area contributed by atoms with Gasteiger partial charge >= 0.3 is 0 Å². The molecule has 3 heteroatoms. The maximum atomic E-state index is 12.7. The number of likely N-dealkylation sites (tertiary alicyclic amines) is 1. The number of anilines is 1. The number of para-hydroxylation sites is 1. The minimum atomic E-state index is 0.137. The lowest BCUT2D eigenvalue weighted by molar-refractivity contribution is -0.902. The van der Waals surface area contributed by atoms with Gasteiger partial charge in [0.1, 0.15) is 0 Å². The predicted octanol–water partition coefficient (Wildman–Crippen LogP) is 3.39. The van der Waals surface area contributed by atoms with E-state index in [2.05, 4.69) is 23.5 Å². The summed E-state index contributed by atoms with van der Waals surface area (Å²) < 4.78 is 0. The van der Waals surface area contributed by atoms with Crippen molar-refractivity contribution in [3.8, 4) is 11.1 Å². The Kier molecular flexibility index (Phi) is 5.35. The molecule has 1 amide bonds. The van der Waals surface area contributed by atoms with Crippen LogP contribution >= 0.6 is 0 Å². The molecule has 2 aliphatic rings. The fraction of sp³-hybridized carbons (Fsp3) is 0.435. The number of amides is 1. The van der Waals surface area contributed by atoms with Crippen molar-refractivity contribution in [2.24, 2.45) is 11.8 Å². The molecule has 1 heterocycles. The van der Waals surface area contributed by atoms with Gasteiger partial charge in [0.25, 0.3) is 5.91 Å². The molecule has 0 radical (unpaired) electrons. The van der Waals surface area contributed by atoms with Crippen molar-refractivity contribution in [3.05, 3.63) is 54.6 Å². The molecule has 3 atom stereocenters. The predicted molar refractivity (Wildman–Crippen MR) is 106 cm³/mol. The molecule has 1 unspecified atom stereocenters. The van der Waals surface area contributed by atoms with Gasteiger partial charge < -0.3 is 10.2 Å². The van der Waals surface area contributed by atoms with Crippen molar-refractivity contribution < 1.29 is 9.69 Å². The fourth-order valence-corrected chi connectivity index (χ4v) is 4.84. The Balaban J connectivity index is 1.40. The summed E-state index contributed by atoms with van der Waals surface area (Å²) in [7, 11) is 0. The number of carbonyl (C=O) groups is 1. The number of carbonyl (C=O) groups excluding carboxylic acids is 1. The summed E-state index contributed by atoms with van der Waals surface area (Å²) in [5, 5.41) is 3.17. The average Bonchev–Trinajstić information content (AvgIpc) is 2.69. The highest BCUT2D eigenvalue weighted by Gasteiger charge is 2.34. The molecule has 26 heavy (non-hydrogen) atoms. The smallest absolute Gasteiger partial charge is 0.279 e. The summed E-state index contributed by atoms with van der Waals surface area (Å²) in [6.07, 6.45) is 6.87. The second-order valence-corrected chi connectivity index (χ2v) is 7.93. The van der Waals surface area contributed by atoms with Crippen LogP contribution in [-0.4, -0.2) is 25.5 Å². The second-order valence-electron chi connectivity index (χ2n) is 7.93. The van der Waals surface area contributed by atoms with E-state index in [0.717, 1.165) is 35.2 Å². The van der Waals surface area contributed by atoms with E-state index in [0.29, 0.717) is 6.54 Å². The Labute approximate surface area is 156 Å². The van der Waals surface area contributed by atoms with Crippen molar-refractivity contribution in [3.63, 3.8) is 0 Å². The molecule has 2 N–H and O–H groups in total. The van der Waals surface area contributed by atoms with Crippen LogP contribution in [-0.2, 0) is 4.79 Å². The van der Waals surface area contributed by atoms with Gasteiger partial charge in [-0.05, 0) is 36.8 Å². The van der Waals surface area contributed by atoms with E-state index in [4.69, 9.17) is 0 Å². The second kappa shape index (κ2) is 8.05. The highest BCUT2D eigenvalue weighted by molar-refractivity contribution is 5.96. The van der Waals surface area contributed by atoms with Gasteiger partial charge in [-0.15, -0.1) is 0 Å². The van der Waals surface area contributed by atoms with E-state index < -0.39 is 0 Å². The van der Waals surface area contributed by atoms with Gasteiger partial charge in [-0.2, -0.15) is 0 Å². The first-order chi connectivity index (χ1) is 12.8. The van der Waals surface area contributed by atoms with Gasteiger partial charge in [0, 0.05) is 17.2 Å². The molecule has 1 aliphatic heterocycles. The molecule has 1 saturated heterocycles. The Hall–Kier alpha value is -2.13. The number of piperidine rings is 1. The third-order valence-corrected chi connectivity index (χ3v) is 6.18. The van der Waals surface area contributed by atoms with E-state index in [1.807, 2.05) is 36.4 Å². The molecule has 1 aliphatic carbocycles. The van der Waals surface area contributed by atoms with Crippen LogP contribution in [0.4, 0.5) is 5.69 Å². The molecule has 2 aromatic rings. The number of nitrogens with one attached hydrogen (secondary N) is 2. The third-order valence-electron chi connectivity index (χ3n) is 6.18. The summed E-state index contributed by atoms with van der Waals surface area (Å²) in [6, 6.07) is 18.4. The maximum absolute atomic E-state index is 12.7. The highest BCUT2D eigenvalue weighted by atomic mass is 16.2. The zero-order valence-corrected chi connectivity index (χ0v) is 15.4. The lowest BCUT2D eigenvalue weighted by atomic mass is 9.75. The number of quaternary nitrogens is 1. The van der Waals surface area contributed by atoms with E-state index in [-0.39, 0.29) is 5.91 Å². The van der Waals surface area contributed by atoms with E-state index in [1.54, 1.807) is 0 Å². The molecule has 2 aromatic carbocycles. The summed E-state index contributed by atoms with van der Waals surface area (Å²) in [6.45, 7) is 2.92. The zero-order valence-electron chi connectivity index (χ0n) is 15.4. The first-order valence-corrected chi connectivity index (χ1v) is 10.1. The Bertz CT molecular complexity index is 743. The first kappa shape index (κ1) is 17.3. The number of fused-ring (bicyclic) bond motifs is 1. The molecular formula is C23H29N2O+. The van der Waals surface area contributed by atoms with Crippen LogP contribution in [0, 0.1) is 11.8 Å². The average molecular weight is 349 g/mol. The summed E-state index contributed by atoms with van der Waals surface area (Å²) in [4.78, 5) is 14.2. The molecule has 0 aromatic heterocycles. The number of benzene rings is 2. The van der Waals surface area contributed by atoms with Gasteiger partial charge in [-0.3, -0.25) is 4.79 Å². The van der Waals surface area contributed by atoms with Gasteiger partial charge in [0.2, 0.25) is 0 Å². The van der Waals surface area contributed by atoms with Crippen molar-refractivity contribution in [2.45, 2.75) is 32.1 Å². The van der Waals surface area contributed by atoms with Gasteiger partial charge in [-0.25, -0.2) is 0 Å².